The third-order valence-corrected chi connectivity index (χ3v) is 10.9. The van der Waals surface area contributed by atoms with Gasteiger partial charge in [-0.2, -0.15) is 0 Å². The van der Waals surface area contributed by atoms with E-state index in [1.165, 1.54) is 29.6 Å². The van der Waals surface area contributed by atoms with Crippen LogP contribution >= 0.6 is 0 Å². The molecule has 0 spiro atoms. The van der Waals surface area contributed by atoms with E-state index >= 15 is 0 Å². The zero-order chi connectivity index (χ0) is 21.1. The first kappa shape index (κ1) is 22.0. The number of fused-ring (bicyclic) bond motifs is 3. The van der Waals surface area contributed by atoms with Crippen molar-refractivity contribution in [2.24, 2.45) is 0 Å². The van der Waals surface area contributed by atoms with Crippen molar-refractivity contribution >= 4 is 30.3 Å². The van der Waals surface area contributed by atoms with Crippen molar-refractivity contribution in [1.29, 1.82) is 0 Å². The lowest BCUT2D eigenvalue weighted by molar-refractivity contribution is 0.276. The third kappa shape index (κ3) is 4.89. The van der Waals surface area contributed by atoms with Crippen LogP contribution < -0.4 is 0 Å². The van der Waals surface area contributed by atoms with Crippen molar-refractivity contribution in [1.82, 2.24) is 14.5 Å². The third-order valence-electron chi connectivity index (χ3n) is 6.36. The number of imidazole rings is 1. The van der Waals surface area contributed by atoms with E-state index in [-0.39, 0.29) is 5.04 Å². The molecule has 1 aromatic carbocycles. The summed E-state index contributed by atoms with van der Waals surface area (Å²) >= 11 is 0. The molecule has 0 unspecified atom stereocenters. The molecule has 0 atom stereocenters. The summed E-state index contributed by atoms with van der Waals surface area (Å²) in [4.78, 5) is 9.56. The van der Waals surface area contributed by atoms with Crippen LogP contribution in [0.4, 0.5) is 0 Å². The van der Waals surface area contributed by atoms with Crippen LogP contribution in [0.5, 0.6) is 0 Å². The van der Waals surface area contributed by atoms with Gasteiger partial charge in [0.1, 0.15) is 11.3 Å². The number of nitrogens with zero attached hydrogens (tertiary/aromatic N) is 3. The van der Waals surface area contributed by atoms with Gasteiger partial charge in [-0.3, -0.25) is 4.98 Å². The number of unbranched alkanes of at least 4 members (excludes halogenated alkanes) is 2. The molecule has 0 saturated heterocycles. The minimum absolute atomic E-state index is 0.271. The Morgan fingerprint density at radius 1 is 1.03 bits per heavy atom. The Labute approximate surface area is 176 Å². The minimum Gasteiger partial charge on any atom is -0.417 e. The molecular weight excluding hydrogens is 374 g/mol. The van der Waals surface area contributed by atoms with Gasteiger partial charge in [0.25, 0.3) is 0 Å². The summed E-state index contributed by atoms with van der Waals surface area (Å²) in [5, 5.41) is 1.48. The predicted molar refractivity (Wildman–Crippen MR) is 126 cm³/mol. The fourth-order valence-corrected chi connectivity index (χ4v) is 4.58. The summed E-state index contributed by atoms with van der Waals surface area (Å²) in [7, 11) is -1.66. The molecule has 0 amide bonds. The zero-order valence-corrected chi connectivity index (χ0v) is 20.1. The highest BCUT2D eigenvalue weighted by Gasteiger charge is 2.36. The Hall–Kier alpha value is -1.72. The number of para-hydroxylation sites is 1. The van der Waals surface area contributed by atoms with Gasteiger partial charge in [-0.15, -0.1) is 0 Å². The van der Waals surface area contributed by atoms with E-state index < -0.39 is 8.32 Å². The molecular formula is C24H37N3OSi. The molecule has 0 radical (unpaired) electrons. The second kappa shape index (κ2) is 8.96. The standard InChI is InChI=1S/C24H37N3OSi/c1-7-8-15-22-26-21-18-25-20-14-10-9-13-19(20)23(21)27(22)16-11-12-17-28-29(5,6)24(2,3)4/h9-10,13-14,18H,7-8,11-12,15-17H2,1-6H3. The second-order valence-electron chi connectivity index (χ2n) is 9.61. The molecule has 4 nitrogen and oxygen atoms in total. The van der Waals surface area contributed by atoms with Crippen molar-refractivity contribution in [3.05, 3.63) is 36.3 Å². The summed E-state index contributed by atoms with van der Waals surface area (Å²) in [6.07, 6.45) is 7.51. The quantitative estimate of drug-likeness (QED) is 0.289. The number of benzene rings is 1. The van der Waals surface area contributed by atoms with Crippen LogP contribution in [-0.2, 0) is 17.4 Å². The van der Waals surface area contributed by atoms with Crippen LogP contribution in [0.2, 0.25) is 18.1 Å². The summed E-state index contributed by atoms with van der Waals surface area (Å²) in [5.74, 6) is 1.20. The molecule has 29 heavy (non-hydrogen) atoms. The Bertz CT molecular complexity index is 956. The Morgan fingerprint density at radius 3 is 2.52 bits per heavy atom. The van der Waals surface area contributed by atoms with Crippen molar-refractivity contribution in [3.63, 3.8) is 0 Å². The Morgan fingerprint density at radius 2 is 1.79 bits per heavy atom. The van der Waals surface area contributed by atoms with Gasteiger partial charge in [0.2, 0.25) is 0 Å². The lowest BCUT2D eigenvalue weighted by Crippen LogP contribution is -2.40. The molecule has 3 rings (SSSR count). The van der Waals surface area contributed by atoms with E-state index in [1.54, 1.807) is 0 Å². The SMILES string of the molecule is CCCCc1nc2cnc3ccccc3c2n1CCCCO[Si](C)(C)C(C)(C)C. The summed E-state index contributed by atoms with van der Waals surface area (Å²) in [6, 6.07) is 8.41. The first-order valence-electron chi connectivity index (χ1n) is 11.1. The number of rotatable bonds is 9. The van der Waals surface area contributed by atoms with Crippen LogP contribution in [-0.4, -0.2) is 29.5 Å². The lowest BCUT2D eigenvalue weighted by atomic mass is 10.2. The summed E-state index contributed by atoms with van der Waals surface area (Å²) in [5.41, 5.74) is 3.31. The molecule has 0 bridgehead atoms. The van der Waals surface area contributed by atoms with E-state index in [9.17, 15) is 0 Å². The smallest absolute Gasteiger partial charge is 0.191 e. The Kier molecular flexibility index (Phi) is 6.79. The number of hydrogen-bond donors (Lipinski definition) is 0. The van der Waals surface area contributed by atoms with Gasteiger partial charge in [0.05, 0.1) is 17.2 Å². The predicted octanol–water partition coefficient (Wildman–Crippen LogP) is 6.73. The second-order valence-corrected chi connectivity index (χ2v) is 14.4. The largest absolute Gasteiger partial charge is 0.417 e. The molecule has 2 aromatic heterocycles. The summed E-state index contributed by atoms with van der Waals surface area (Å²) in [6.45, 7) is 15.7. The topological polar surface area (TPSA) is 39.9 Å². The van der Waals surface area contributed by atoms with Gasteiger partial charge in [-0.05, 0) is 43.5 Å². The average Bonchev–Trinajstić information content (AvgIpc) is 3.03. The Balaban J connectivity index is 1.77. The number of aromatic nitrogens is 3. The van der Waals surface area contributed by atoms with Crippen molar-refractivity contribution in [2.45, 2.75) is 84.5 Å². The fourth-order valence-electron chi connectivity index (χ4n) is 3.49. The van der Waals surface area contributed by atoms with Crippen molar-refractivity contribution < 1.29 is 4.43 Å². The molecule has 5 heteroatoms. The molecule has 0 aliphatic rings. The van der Waals surface area contributed by atoms with Gasteiger partial charge in [-0.25, -0.2) is 4.98 Å². The zero-order valence-electron chi connectivity index (χ0n) is 19.1. The molecule has 3 aromatic rings. The maximum atomic E-state index is 6.37. The molecule has 0 aliphatic carbocycles. The van der Waals surface area contributed by atoms with E-state index in [4.69, 9.17) is 9.41 Å². The molecule has 0 saturated carbocycles. The van der Waals surface area contributed by atoms with Crippen LogP contribution in [0.15, 0.2) is 30.5 Å². The molecule has 0 aliphatic heterocycles. The van der Waals surface area contributed by atoms with Crippen LogP contribution in [0.1, 0.15) is 59.2 Å². The number of pyridine rings is 1. The number of hydrogen-bond acceptors (Lipinski definition) is 3. The van der Waals surface area contributed by atoms with Crippen LogP contribution in [0.3, 0.4) is 0 Å². The highest BCUT2D eigenvalue weighted by Crippen LogP contribution is 2.36. The number of aryl methyl sites for hydroxylation is 2. The van der Waals surface area contributed by atoms with Gasteiger partial charge in [0, 0.05) is 25.0 Å². The van der Waals surface area contributed by atoms with Gasteiger partial charge in [-0.1, -0.05) is 52.3 Å². The first-order valence-corrected chi connectivity index (χ1v) is 14.0. The molecule has 0 N–H and O–H groups in total. The highest BCUT2D eigenvalue weighted by molar-refractivity contribution is 6.74. The van der Waals surface area contributed by atoms with E-state index in [1.807, 2.05) is 6.20 Å². The molecule has 2 heterocycles. The maximum absolute atomic E-state index is 6.37. The average molecular weight is 412 g/mol. The van der Waals surface area contributed by atoms with Crippen molar-refractivity contribution in [3.8, 4) is 0 Å². The van der Waals surface area contributed by atoms with Gasteiger partial charge >= 0.3 is 0 Å². The van der Waals surface area contributed by atoms with E-state index in [2.05, 4.69) is 74.6 Å². The lowest BCUT2D eigenvalue weighted by Gasteiger charge is -2.36. The van der Waals surface area contributed by atoms with Crippen LogP contribution in [0, 0.1) is 0 Å². The fraction of sp³-hybridized carbons (Fsp3) is 0.583. The monoisotopic (exact) mass is 411 g/mol. The van der Waals surface area contributed by atoms with Crippen molar-refractivity contribution in [2.75, 3.05) is 6.61 Å². The van der Waals surface area contributed by atoms with Gasteiger partial charge in [0.15, 0.2) is 8.32 Å². The highest BCUT2D eigenvalue weighted by atomic mass is 28.4. The van der Waals surface area contributed by atoms with Crippen LogP contribution in [0.25, 0.3) is 21.9 Å². The van der Waals surface area contributed by atoms with E-state index in [0.29, 0.717) is 0 Å². The first-order chi connectivity index (χ1) is 13.7. The molecule has 158 valence electrons. The van der Waals surface area contributed by atoms with Gasteiger partial charge < -0.3 is 8.99 Å². The van der Waals surface area contributed by atoms with E-state index in [0.717, 1.165) is 43.4 Å². The normalized spacial score (nSPS) is 12.9. The minimum atomic E-state index is -1.66. The molecule has 0 fully saturated rings. The summed E-state index contributed by atoms with van der Waals surface area (Å²) < 4.78 is 8.82. The maximum Gasteiger partial charge on any atom is 0.191 e.